The second-order valence-corrected chi connectivity index (χ2v) is 6.08. The smallest absolute Gasteiger partial charge is 0.414 e. The Morgan fingerprint density at radius 2 is 1.80 bits per heavy atom. The number of amides is 1. The van der Waals surface area contributed by atoms with Crippen LogP contribution in [-0.4, -0.2) is 38.7 Å². The lowest BCUT2D eigenvalue weighted by molar-refractivity contribution is 0.172. The van der Waals surface area contributed by atoms with Crippen LogP contribution in [0.5, 0.6) is 11.5 Å². The quantitative estimate of drug-likeness (QED) is 0.832. The molecule has 0 aromatic heterocycles. The van der Waals surface area contributed by atoms with Gasteiger partial charge >= 0.3 is 6.09 Å². The minimum Gasteiger partial charge on any atom is -0.493 e. The molecule has 5 nitrogen and oxygen atoms in total. The minimum atomic E-state index is -0.385. The second-order valence-electron chi connectivity index (χ2n) is 6.08. The van der Waals surface area contributed by atoms with E-state index in [-0.39, 0.29) is 12.1 Å². The van der Waals surface area contributed by atoms with Crippen LogP contribution in [-0.2, 0) is 0 Å². The lowest BCUT2D eigenvalue weighted by atomic mass is 10.0. The fourth-order valence-corrected chi connectivity index (χ4v) is 2.44. The average molecular weight is 342 g/mol. The monoisotopic (exact) mass is 342 g/mol. The zero-order chi connectivity index (χ0) is 18.2. The number of ether oxygens (including phenoxy) is 2. The Labute approximate surface area is 149 Å². The van der Waals surface area contributed by atoms with Gasteiger partial charge in [-0.25, -0.2) is 4.79 Å². The van der Waals surface area contributed by atoms with Crippen LogP contribution in [0, 0.1) is 6.92 Å². The van der Waals surface area contributed by atoms with Gasteiger partial charge in [0.1, 0.15) is 11.5 Å². The average Bonchev–Trinajstić information content (AvgIpc) is 2.61. The van der Waals surface area contributed by atoms with E-state index in [1.54, 1.807) is 14.1 Å². The van der Waals surface area contributed by atoms with Crippen molar-refractivity contribution in [2.45, 2.75) is 19.4 Å². The standard InChI is InChI=1S/C20H26N2O3/c1-15-7-5-6-8-19(15)24-14-13-18(21-2)16-9-11-17(12-10-16)25-20(23)22(3)4/h5-12,18,21H,13-14H2,1-4H3. The molecule has 0 bridgehead atoms. The normalized spacial score (nSPS) is 11.7. The van der Waals surface area contributed by atoms with Gasteiger partial charge in [-0.05, 0) is 43.3 Å². The van der Waals surface area contributed by atoms with E-state index < -0.39 is 0 Å². The van der Waals surface area contributed by atoms with Crippen LogP contribution in [0.2, 0.25) is 0 Å². The summed E-state index contributed by atoms with van der Waals surface area (Å²) >= 11 is 0. The summed E-state index contributed by atoms with van der Waals surface area (Å²) in [5.41, 5.74) is 2.26. The highest BCUT2D eigenvalue weighted by Crippen LogP contribution is 2.22. The Balaban J connectivity index is 1.91. The summed E-state index contributed by atoms with van der Waals surface area (Å²) in [6, 6.07) is 15.7. The van der Waals surface area contributed by atoms with Crippen LogP contribution in [0.25, 0.3) is 0 Å². The molecule has 2 rings (SSSR count). The van der Waals surface area contributed by atoms with Gasteiger partial charge in [0.2, 0.25) is 0 Å². The Kier molecular flexibility index (Phi) is 6.83. The highest BCUT2D eigenvalue weighted by Gasteiger charge is 2.11. The SMILES string of the molecule is CNC(CCOc1ccccc1C)c1ccc(OC(=O)N(C)C)cc1. The number of rotatable bonds is 7. The van der Waals surface area contributed by atoms with Crippen LogP contribution in [0.1, 0.15) is 23.6 Å². The molecule has 0 aliphatic heterocycles. The largest absolute Gasteiger partial charge is 0.493 e. The van der Waals surface area contributed by atoms with Crippen molar-refractivity contribution in [1.29, 1.82) is 0 Å². The maximum Gasteiger partial charge on any atom is 0.414 e. The molecular weight excluding hydrogens is 316 g/mol. The first-order valence-corrected chi connectivity index (χ1v) is 8.36. The minimum absolute atomic E-state index is 0.169. The van der Waals surface area contributed by atoms with Gasteiger partial charge < -0.3 is 19.7 Å². The van der Waals surface area contributed by atoms with E-state index >= 15 is 0 Å². The second kappa shape index (κ2) is 9.08. The lowest BCUT2D eigenvalue weighted by Gasteiger charge is -2.18. The number of carbonyl (C=O) groups excluding carboxylic acids is 1. The molecule has 25 heavy (non-hydrogen) atoms. The predicted molar refractivity (Wildman–Crippen MR) is 99.2 cm³/mol. The molecule has 134 valence electrons. The van der Waals surface area contributed by atoms with E-state index in [0.717, 1.165) is 23.3 Å². The summed E-state index contributed by atoms with van der Waals surface area (Å²) in [4.78, 5) is 13.0. The zero-order valence-electron chi connectivity index (χ0n) is 15.3. The summed E-state index contributed by atoms with van der Waals surface area (Å²) in [7, 11) is 5.24. The predicted octanol–water partition coefficient (Wildman–Crippen LogP) is 3.79. The highest BCUT2D eigenvalue weighted by molar-refractivity contribution is 5.69. The summed E-state index contributed by atoms with van der Waals surface area (Å²) in [5, 5.41) is 3.30. The van der Waals surface area contributed by atoms with Gasteiger partial charge in [-0.2, -0.15) is 0 Å². The van der Waals surface area contributed by atoms with Crippen molar-refractivity contribution >= 4 is 6.09 Å². The van der Waals surface area contributed by atoms with E-state index in [4.69, 9.17) is 9.47 Å². The number of nitrogens with zero attached hydrogens (tertiary/aromatic N) is 1. The molecule has 1 amide bonds. The number of benzene rings is 2. The van der Waals surface area contributed by atoms with Gasteiger partial charge in [-0.3, -0.25) is 0 Å². The van der Waals surface area contributed by atoms with Gasteiger partial charge in [0.15, 0.2) is 0 Å². The fraction of sp³-hybridized carbons (Fsp3) is 0.350. The molecule has 0 saturated heterocycles. The van der Waals surface area contributed by atoms with Gasteiger partial charge in [0.05, 0.1) is 6.61 Å². The van der Waals surface area contributed by atoms with Crippen molar-refractivity contribution < 1.29 is 14.3 Å². The molecule has 5 heteroatoms. The summed E-state index contributed by atoms with van der Waals surface area (Å²) in [6.45, 7) is 2.66. The van der Waals surface area contributed by atoms with Crippen molar-refractivity contribution in [2.75, 3.05) is 27.7 Å². The van der Waals surface area contributed by atoms with E-state index in [1.807, 2.05) is 62.5 Å². The van der Waals surface area contributed by atoms with E-state index in [0.29, 0.717) is 12.4 Å². The Morgan fingerprint density at radius 1 is 1.12 bits per heavy atom. The van der Waals surface area contributed by atoms with Crippen molar-refractivity contribution in [1.82, 2.24) is 10.2 Å². The first-order chi connectivity index (χ1) is 12.0. The maximum atomic E-state index is 11.6. The molecule has 0 radical (unpaired) electrons. The van der Waals surface area contributed by atoms with E-state index in [9.17, 15) is 4.79 Å². The molecule has 0 heterocycles. The number of carbonyl (C=O) groups is 1. The summed E-state index contributed by atoms with van der Waals surface area (Å²) in [5.74, 6) is 1.46. The van der Waals surface area contributed by atoms with Crippen molar-refractivity contribution in [2.24, 2.45) is 0 Å². The molecule has 2 aromatic carbocycles. The van der Waals surface area contributed by atoms with Gasteiger partial charge in [-0.15, -0.1) is 0 Å². The summed E-state index contributed by atoms with van der Waals surface area (Å²) < 4.78 is 11.1. The highest BCUT2D eigenvalue weighted by atomic mass is 16.6. The fourth-order valence-electron chi connectivity index (χ4n) is 2.44. The molecule has 0 aliphatic carbocycles. The third kappa shape index (κ3) is 5.50. The Bertz CT molecular complexity index is 684. The van der Waals surface area contributed by atoms with Gasteiger partial charge in [-0.1, -0.05) is 30.3 Å². The van der Waals surface area contributed by atoms with Crippen LogP contribution < -0.4 is 14.8 Å². The number of para-hydroxylation sites is 1. The number of hydrogen-bond acceptors (Lipinski definition) is 4. The summed E-state index contributed by atoms with van der Waals surface area (Å²) in [6.07, 6.45) is 0.450. The molecule has 1 atom stereocenters. The first-order valence-electron chi connectivity index (χ1n) is 8.36. The third-order valence-electron chi connectivity index (χ3n) is 3.96. The number of aryl methyl sites for hydroxylation is 1. The third-order valence-corrected chi connectivity index (χ3v) is 3.96. The maximum absolute atomic E-state index is 11.6. The molecule has 0 aliphatic rings. The van der Waals surface area contributed by atoms with Crippen molar-refractivity contribution in [3.05, 3.63) is 59.7 Å². The molecule has 0 saturated carbocycles. The molecule has 1 N–H and O–H groups in total. The van der Waals surface area contributed by atoms with E-state index in [2.05, 4.69) is 5.32 Å². The van der Waals surface area contributed by atoms with Crippen molar-refractivity contribution in [3.63, 3.8) is 0 Å². The molecule has 0 spiro atoms. The first kappa shape index (κ1) is 18.8. The molecule has 2 aromatic rings. The Morgan fingerprint density at radius 3 is 2.40 bits per heavy atom. The van der Waals surface area contributed by atoms with Crippen LogP contribution in [0.4, 0.5) is 4.79 Å². The Hall–Kier alpha value is -2.53. The number of hydrogen-bond donors (Lipinski definition) is 1. The molecule has 0 fully saturated rings. The van der Waals surface area contributed by atoms with Crippen LogP contribution in [0.3, 0.4) is 0 Å². The number of nitrogens with one attached hydrogen (secondary N) is 1. The van der Waals surface area contributed by atoms with E-state index in [1.165, 1.54) is 4.90 Å². The van der Waals surface area contributed by atoms with Crippen LogP contribution >= 0.6 is 0 Å². The molecule has 1 unspecified atom stereocenters. The van der Waals surface area contributed by atoms with Gasteiger partial charge in [0.25, 0.3) is 0 Å². The lowest BCUT2D eigenvalue weighted by Crippen LogP contribution is -2.25. The molecular formula is C20H26N2O3. The zero-order valence-corrected chi connectivity index (χ0v) is 15.3. The van der Waals surface area contributed by atoms with Gasteiger partial charge in [0, 0.05) is 26.6 Å². The van der Waals surface area contributed by atoms with Crippen LogP contribution in [0.15, 0.2) is 48.5 Å². The van der Waals surface area contributed by atoms with Crippen molar-refractivity contribution in [3.8, 4) is 11.5 Å². The topological polar surface area (TPSA) is 50.8 Å².